The van der Waals surface area contributed by atoms with Crippen LogP contribution in [0.2, 0.25) is 0 Å². The highest BCUT2D eigenvalue weighted by Gasteiger charge is 2.14. The van der Waals surface area contributed by atoms with Crippen molar-refractivity contribution < 1.29 is 10.0 Å². The van der Waals surface area contributed by atoms with Crippen molar-refractivity contribution in [3.63, 3.8) is 0 Å². The molecule has 0 saturated heterocycles. The third-order valence-corrected chi connectivity index (χ3v) is 2.60. The Labute approximate surface area is 73.3 Å². The molecule has 1 aliphatic rings. The average Bonchev–Trinajstić information content (AvgIpc) is 2.57. The molecule has 3 heteroatoms. The van der Waals surface area contributed by atoms with Crippen molar-refractivity contribution in [1.29, 1.82) is 0 Å². The van der Waals surface area contributed by atoms with Crippen LogP contribution in [0.5, 0.6) is 0 Å². The van der Waals surface area contributed by atoms with E-state index in [-0.39, 0.29) is 0 Å². The molecule has 12 heavy (non-hydrogen) atoms. The molecular formula is C9H17NO2. The lowest BCUT2D eigenvalue weighted by Crippen LogP contribution is -2.18. The summed E-state index contributed by atoms with van der Waals surface area (Å²) in [6.45, 7) is 0.486. The van der Waals surface area contributed by atoms with Gasteiger partial charge in [0, 0.05) is 6.54 Å². The van der Waals surface area contributed by atoms with Crippen LogP contribution in [0, 0.1) is 5.92 Å². The van der Waals surface area contributed by atoms with Crippen molar-refractivity contribution in [1.82, 2.24) is 5.06 Å². The maximum Gasteiger partial charge on any atom is 0.233 e. The minimum atomic E-state index is 0.467. The number of amides is 1. The van der Waals surface area contributed by atoms with Crippen molar-refractivity contribution in [3.8, 4) is 0 Å². The topological polar surface area (TPSA) is 40.5 Å². The minimum Gasteiger partial charge on any atom is -0.286 e. The number of carbonyl (C=O) groups excluding carboxylic acids is 1. The van der Waals surface area contributed by atoms with Crippen LogP contribution in [-0.2, 0) is 4.79 Å². The summed E-state index contributed by atoms with van der Waals surface area (Å²) in [5.41, 5.74) is 0. The molecule has 1 fully saturated rings. The van der Waals surface area contributed by atoms with Gasteiger partial charge in [0.15, 0.2) is 0 Å². The van der Waals surface area contributed by atoms with Gasteiger partial charge in [0.05, 0.1) is 0 Å². The Balaban J connectivity index is 1.97. The Kier molecular flexibility index (Phi) is 4.08. The summed E-state index contributed by atoms with van der Waals surface area (Å²) in [6, 6.07) is 0. The van der Waals surface area contributed by atoms with Crippen LogP contribution in [-0.4, -0.2) is 23.2 Å². The Hall–Kier alpha value is -0.570. The zero-order valence-corrected chi connectivity index (χ0v) is 7.41. The predicted molar refractivity (Wildman–Crippen MR) is 45.7 cm³/mol. The molecule has 0 aromatic carbocycles. The predicted octanol–water partition coefficient (Wildman–Crippen LogP) is 1.80. The van der Waals surface area contributed by atoms with E-state index in [1.54, 1.807) is 0 Å². The van der Waals surface area contributed by atoms with Crippen molar-refractivity contribution >= 4 is 6.41 Å². The van der Waals surface area contributed by atoms with Gasteiger partial charge in [-0.25, -0.2) is 5.06 Å². The molecule has 0 heterocycles. The fourth-order valence-corrected chi connectivity index (χ4v) is 1.89. The van der Waals surface area contributed by atoms with Crippen LogP contribution in [0.15, 0.2) is 0 Å². The highest BCUT2D eigenvalue weighted by Crippen LogP contribution is 2.28. The fourth-order valence-electron chi connectivity index (χ4n) is 1.89. The number of hydrogen-bond donors (Lipinski definition) is 1. The standard InChI is InChI=1S/C9H17NO2/c11-8-10(12)7-3-6-9-4-1-2-5-9/h8-9,12H,1-7H2. The van der Waals surface area contributed by atoms with E-state index in [1.165, 1.54) is 25.7 Å². The molecular weight excluding hydrogens is 154 g/mol. The lowest BCUT2D eigenvalue weighted by atomic mass is 10.0. The maximum atomic E-state index is 10.0. The lowest BCUT2D eigenvalue weighted by molar-refractivity contribution is -0.149. The number of carbonyl (C=O) groups is 1. The van der Waals surface area contributed by atoms with Crippen LogP contribution >= 0.6 is 0 Å². The molecule has 1 rings (SSSR count). The third-order valence-electron chi connectivity index (χ3n) is 2.60. The second-order valence-corrected chi connectivity index (χ2v) is 3.56. The summed E-state index contributed by atoms with van der Waals surface area (Å²) in [7, 11) is 0. The van der Waals surface area contributed by atoms with Crippen LogP contribution in [0.25, 0.3) is 0 Å². The summed E-state index contributed by atoms with van der Waals surface area (Å²) < 4.78 is 0. The molecule has 0 aromatic rings. The number of nitrogens with zero attached hydrogens (tertiary/aromatic N) is 1. The summed E-state index contributed by atoms with van der Waals surface area (Å²) in [5.74, 6) is 0.852. The van der Waals surface area contributed by atoms with Crippen LogP contribution in [0.1, 0.15) is 38.5 Å². The Bertz CT molecular complexity index is 132. The monoisotopic (exact) mass is 171 g/mol. The summed E-state index contributed by atoms with van der Waals surface area (Å²) in [6.07, 6.45) is 7.96. The van der Waals surface area contributed by atoms with Crippen molar-refractivity contribution in [2.75, 3.05) is 6.54 Å². The Morgan fingerprint density at radius 3 is 2.67 bits per heavy atom. The number of hydroxylamine groups is 2. The largest absolute Gasteiger partial charge is 0.286 e. The number of rotatable bonds is 5. The quantitative estimate of drug-likeness (QED) is 0.389. The molecule has 70 valence electrons. The second-order valence-electron chi connectivity index (χ2n) is 3.56. The minimum absolute atomic E-state index is 0.467. The summed E-state index contributed by atoms with van der Waals surface area (Å²) in [5, 5.41) is 9.53. The van der Waals surface area contributed by atoms with Crippen LogP contribution in [0.4, 0.5) is 0 Å². The first-order chi connectivity index (χ1) is 5.83. The zero-order valence-electron chi connectivity index (χ0n) is 7.41. The SMILES string of the molecule is O=CN(O)CCCC1CCCC1. The Morgan fingerprint density at radius 1 is 1.42 bits per heavy atom. The van der Waals surface area contributed by atoms with Gasteiger partial charge in [-0.1, -0.05) is 25.7 Å². The molecule has 0 atom stereocenters. The number of hydrogen-bond acceptors (Lipinski definition) is 2. The van der Waals surface area contributed by atoms with E-state index < -0.39 is 0 Å². The molecule has 1 aliphatic carbocycles. The average molecular weight is 171 g/mol. The maximum absolute atomic E-state index is 10.0. The third kappa shape index (κ3) is 3.22. The van der Waals surface area contributed by atoms with E-state index in [2.05, 4.69) is 0 Å². The molecule has 0 spiro atoms. The van der Waals surface area contributed by atoms with Gasteiger partial charge in [0.25, 0.3) is 0 Å². The normalized spacial score (nSPS) is 18.1. The molecule has 1 amide bonds. The first-order valence-corrected chi connectivity index (χ1v) is 4.73. The van der Waals surface area contributed by atoms with Gasteiger partial charge in [-0.3, -0.25) is 10.0 Å². The smallest absolute Gasteiger partial charge is 0.233 e. The molecule has 1 N–H and O–H groups in total. The summed E-state index contributed by atoms with van der Waals surface area (Å²) in [4.78, 5) is 10.0. The molecule has 3 nitrogen and oxygen atoms in total. The van der Waals surface area contributed by atoms with Gasteiger partial charge in [-0.05, 0) is 18.8 Å². The highest BCUT2D eigenvalue weighted by molar-refractivity contribution is 5.44. The van der Waals surface area contributed by atoms with Gasteiger partial charge in [0.1, 0.15) is 0 Å². The van der Waals surface area contributed by atoms with Crippen molar-refractivity contribution in [3.05, 3.63) is 0 Å². The molecule has 1 saturated carbocycles. The van der Waals surface area contributed by atoms with Crippen molar-refractivity contribution in [2.45, 2.75) is 38.5 Å². The van der Waals surface area contributed by atoms with Gasteiger partial charge < -0.3 is 0 Å². The van der Waals surface area contributed by atoms with Gasteiger partial charge in [-0.15, -0.1) is 0 Å². The van der Waals surface area contributed by atoms with E-state index in [4.69, 9.17) is 5.21 Å². The lowest BCUT2D eigenvalue weighted by Gasteiger charge is -2.11. The van der Waals surface area contributed by atoms with Gasteiger partial charge in [-0.2, -0.15) is 0 Å². The first-order valence-electron chi connectivity index (χ1n) is 4.73. The van der Waals surface area contributed by atoms with Crippen molar-refractivity contribution in [2.24, 2.45) is 5.92 Å². The van der Waals surface area contributed by atoms with Gasteiger partial charge >= 0.3 is 0 Å². The highest BCUT2D eigenvalue weighted by atomic mass is 16.5. The van der Waals surface area contributed by atoms with Gasteiger partial charge in [0.2, 0.25) is 6.41 Å². The second kappa shape index (κ2) is 5.14. The fraction of sp³-hybridized carbons (Fsp3) is 0.889. The van der Waals surface area contributed by atoms with E-state index in [1.807, 2.05) is 0 Å². The molecule has 0 aromatic heterocycles. The zero-order chi connectivity index (χ0) is 8.81. The van der Waals surface area contributed by atoms with E-state index >= 15 is 0 Å². The van der Waals surface area contributed by atoms with Crippen LogP contribution in [0.3, 0.4) is 0 Å². The molecule has 0 bridgehead atoms. The van der Waals surface area contributed by atoms with E-state index in [0.717, 1.165) is 23.8 Å². The van der Waals surface area contributed by atoms with Crippen LogP contribution < -0.4 is 0 Å². The molecule has 0 unspecified atom stereocenters. The summed E-state index contributed by atoms with van der Waals surface area (Å²) >= 11 is 0. The Morgan fingerprint density at radius 2 is 2.08 bits per heavy atom. The van der Waals surface area contributed by atoms with E-state index in [0.29, 0.717) is 13.0 Å². The molecule has 0 radical (unpaired) electrons. The first kappa shape index (κ1) is 9.52. The molecule has 0 aliphatic heterocycles. The van der Waals surface area contributed by atoms with E-state index in [9.17, 15) is 4.79 Å².